The molecule has 1 unspecified atom stereocenters. The molecule has 0 bridgehead atoms. The van der Waals surface area contributed by atoms with Crippen molar-refractivity contribution in [2.24, 2.45) is 5.92 Å². The second-order valence-corrected chi connectivity index (χ2v) is 10.8. The molecule has 1 atom stereocenters. The van der Waals surface area contributed by atoms with Gasteiger partial charge in [0.1, 0.15) is 11.6 Å². The van der Waals surface area contributed by atoms with Crippen molar-refractivity contribution in [3.8, 4) is 0 Å². The van der Waals surface area contributed by atoms with Crippen LogP contribution in [0.25, 0.3) is 0 Å². The van der Waals surface area contributed by atoms with Gasteiger partial charge in [0, 0.05) is 57.4 Å². The molecular weight excluding hydrogens is 456 g/mol. The van der Waals surface area contributed by atoms with Crippen LogP contribution < -0.4 is 20.4 Å². The standard InChI is InChI=1S/C27H38N6OS/c1-21-8-7-15-33(19-21)24-18-23(32-13-5-6-14-32)29-25(30-24)31-26(35)28-20-27(11-16-34-17-12-27)22-9-3-2-4-10-22/h2-4,9-10,18,21H,5-8,11-17,19-20H2,1H3,(H2,28,29,30,31,35). The maximum atomic E-state index is 5.74. The lowest BCUT2D eigenvalue weighted by atomic mass is 9.74. The first-order valence-corrected chi connectivity index (χ1v) is 13.6. The number of thiocarbonyl (C=S) groups is 1. The van der Waals surface area contributed by atoms with Crippen LogP contribution in [0.5, 0.6) is 0 Å². The van der Waals surface area contributed by atoms with Gasteiger partial charge >= 0.3 is 0 Å². The number of piperidine rings is 1. The first-order chi connectivity index (χ1) is 17.1. The van der Waals surface area contributed by atoms with Crippen LogP contribution in [0.15, 0.2) is 36.4 Å². The molecule has 188 valence electrons. The van der Waals surface area contributed by atoms with E-state index < -0.39 is 0 Å². The number of anilines is 3. The van der Waals surface area contributed by atoms with Crippen molar-refractivity contribution >= 4 is 34.9 Å². The fourth-order valence-electron chi connectivity index (χ4n) is 5.66. The number of hydrogen-bond donors (Lipinski definition) is 2. The number of nitrogens with one attached hydrogen (secondary N) is 2. The highest BCUT2D eigenvalue weighted by Crippen LogP contribution is 2.34. The lowest BCUT2D eigenvalue weighted by Crippen LogP contribution is -2.45. The van der Waals surface area contributed by atoms with E-state index in [9.17, 15) is 0 Å². The van der Waals surface area contributed by atoms with Crippen LogP contribution in [-0.2, 0) is 10.2 Å². The fraction of sp³-hybridized carbons (Fsp3) is 0.593. The second-order valence-electron chi connectivity index (χ2n) is 10.4. The Bertz CT molecular complexity index is 990. The van der Waals surface area contributed by atoms with Crippen LogP contribution in [-0.4, -0.2) is 61.0 Å². The van der Waals surface area contributed by atoms with E-state index >= 15 is 0 Å². The summed E-state index contributed by atoms with van der Waals surface area (Å²) in [5.41, 5.74) is 1.35. The van der Waals surface area contributed by atoms with Gasteiger partial charge in [-0.1, -0.05) is 37.3 Å². The van der Waals surface area contributed by atoms with Gasteiger partial charge in [-0.3, -0.25) is 0 Å². The predicted molar refractivity (Wildman–Crippen MR) is 146 cm³/mol. The topological polar surface area (TPSA) is 65.5 Å². The number of ether oxygens (including phenoxy) is 1. The van der Waals surface area contributed by atoms with Gasteiger partial charge in [-0.15, -0.1) is 0 Å². The van der Waals surface area contributed by atoms with Gasteiger partial charge in [-0.2, -0.15) is 9.97 Å². The summed E-state index contributed by atoms with van der Waals surface area (Å²) in [7, 11) is 0. The molecule has 3 aliphatic heterocycles. The molecule has 1 aromatic carbocycles. The van der Waals surface area contributed by atoms with E-state index in [1.165, 1.54) is 31.2 Å². The maximum absolute atomic E-state index is 5.74. The minimum Gasteiger partial charge on any atom is -0.381 e. The Morgan fingerprint density at radius 2 is 1.71 bits per heavy atom. The number of benzene rings is 1. The third kappa shape index (κ3) is 5.86. The molecule has 2 aromatic rings. The molecule has 3 fully saturated rings. The van der Waals surface area contributed by atoms with Crippen LogP contribution in [0, 0.1) is 5.92 Å². The number of nitrogens with zero attached hydrogens (tertiary/aromatic N) is 4. The quantitative estimate of drug-likeness (QED) is 0.575. The average molecular weight is 495 g/mol. The maximum Gasteiger partial charge on any atom is 0.232 e. The Hall–Kier alpha value is -2.45. The van der Waals surface area contributed by atoms with Crippen LogP contribution in [0.2, 0.25) is 0 Å². The third-order valence-corrected chi connectivity index (χ3v) is 8.01. The van der Waals surface area contributed by atoms with Gasteiger partial charge in [-0.25, -0.2) is 0 Å². The smallest absolute Gasteiger partial charge is 0.232 e. The zero-order valence-electron chi connectivity index (χ0n) is 20.8. The van der Waals surface area contributed by atoms with E-state index in [1.54, 1.807) is 0 Å². The summed E-state index contributed by atoms with van der Waals surface area (Å²) in [6, 6.07) is 12.9. The Labute approximate surface area is 214 Å². The Morgan fingerprint density at radius 1 is 1.03 bits per heavy atom. The van der Waals surface area contributed by atoms with E-state index in [0.717, 1.165) is 70.4 Å². The molecule has 0 radical (unpaired) electrons. The molecule has 0 spiro atoms. The number of rotatable bonds is 6. The molecule has 3 saturated heterocycles. The molecule has 1 aromatic heterocycles. The summed E-state index contributed by atoms with van der Waals surface area (Å²) < 4.78 is 5.68. The predicted octanol–water partition coefficient (Wildman–Crippen LogP) is 4.35. The highest BCUT2D eigenvalue weighted by Gasteiger charge is 2.34. The highest BCUT2D eigenvalue weighted by atomic mass is 32.1. The van der Waals surface area contributed by atoms with Gasteiger partial charge in [0.2, 0.25) is 5.95 Å². The van der Waals surface area contributed by atoms with Crippen molar-refractivity contribution in [2.75, 3.05) is 61.1 Å². The summed E-state index contributed by atoms with van der Waals surface area (Å²) in [6.07, 6.45) is 6.88. The molecule has 0 aliphatic carbocycles. The minimum atomic E-state index is 0.0125. The van der Waals surface area contributed by atoms with Crippen molar-refractivity contribution in [3.05, 3.63) is 42.0 Å². The monoisotopic (exact) mass is 494 g/mol. The van der Waals surface area contributed by atoms with Crippen molar-refractivity contribution in [1.29, 1.82) is 0 Å². The van der Waals surface area contributed by atoms with E-state index in [2.05, 4.69) is 63.8 Å². The lowest BCUT2D eigenvalue weighted by Gasteiger charge is -2.38. The van der Waals surface area contributed by atoms with Crippen LogP contribution >= 0.6 is 12.2 Å². The van der Waals surface area contributed by atoms with Gasteiger partial charge < -0.3 is 25.2 Å². The largest absolute Gasteiger partial charge is 0.381 e. The first-order valence-electron chi connectivity index (χ1n) is 13.2. The Kier molecular flexibility index (Phi) is 7.68. The number of aromatic nitrogens is 2. The Morgan fingerprint density at radius 3 is 2.43 bits per heavy atom. The van der Waals surface area contributed by atoms with Crippen LogP contribution in [0.1, 0.15) is 51.0 Å². The third-order valence-electron chi connectivity index (χ3n) is 7.76. The van der Waals surface area contributed by atoms with Gasteiger partial charge in [0.05, 0.1) is 0 Å². The molecule has 5 rings (SSSR count). The average Bonchev–Trinajstić information content (AvgIpc) is 3.44. The summed E-state index contributed by atoms with van der Waals surface area (Å²) in [5.74, 6) is 3.27. The lowest BCUT2D eigenvalue weighted by molar-refractivity contribution is 0.0515. The molecule has 8 heteroatoms. The highest BCUT2D eigenvalue weighted by molar-refractivity contribution is 7.80. The van der Waals surface area contributed by atoms with E-state index in [-0.39, 0.29) is 5.41 Å². The molecule has 2 N–H and O–H groups in total. The second kappa shape index (κ2) is 11.1. The van der Waals surface area contributed by atoms with Crippen molar-refractivity contribution in [3.63, 3.8) is 0 Å². The molecule has 7 nitrogen and oxygen atoms in total. The zero-order chi connectivity index (χ0) is 24.1. The van der Waals surface area contributed by atoms with Crippen molar-refractivity contribution in [2.45, 2.75) is 50.9 Å². The molecule has 3 aliphatic rings. The zero-order valence-corrected chi connectivity index (χ0v) is 21.7. The molecule has 0 amide bonds. The number of hydrogen-bond acceptors (Lipinski definition) is 6. The normalized spacial score (nSPS) is 22.1. The van der Waals surface area contributed by atoms with Crippen LogP contribution in [0.4, 0.5) is 17.6 Å². The van der Waals surface area contributed by atoms with Gasteiger partial charge in [-0.05, 0) is 62.2 Å². The SMILES string of the molecule is CC1CCCN(c2cc(N3CCCC3)nc(NC(=S)NCC3(c4ccccc4)CCOCC3)n2)C1. The van der Waals surface area contributed by atoms with Crippen molar-refractivity contribution in [1.82, 2.24) is 15.3 Å². The summed E-state index contributed by atoms with van der Waals surface area (Å²) in [4.78, 5) is 14.5. The van der Waals surface area contributed by atoms with E-state index in [1.807, 2.05) is 0 Å². The van der Waals surface area contributed by atoms with E-state index in [0.29, 0.717) is 17.0 Å². The first kappa shape index (κ1) is 24.3. The van der Waals surface area contributed by atoms with Crippen LogP contribution in [0.3, 0.4) is 0 Å². The minimum absolute atomic E-state index is 0.0125. The fourth-order valence-corrected chi connectivity index (χ4v) is 5.83. The van der Waals surface area contributed by atoms with Gasteiger partial charge in [0.25, 0.3) is 0 Å². The van der Waals surface area contributed by atoms with Crippen molar-refractivity contribution < 1.29 is 4.74 Å². The molecule has 35 heavy (non-hydrogen) atoms. The summed E-state index contributed by atoms with van der Waals surface area (Å²) in [5, 5.41) is 7.38. The molecular formula is C27H38N6OS. The Balaban J connectivity index is 1.31. The molecule has 0 saturated carbocycles. The van der Waals surface area contributed by atoms with Gasteiger partial charge in [0.15, 0.2) is 5.11 Å². The molecule has 4 heterocycles. The summed E-state index contributed by atoms with van der Waals surface area (Å²) >= 11 is 5.74. The summed E-state index contributed by atoms with van der Waals surface area (Å²) in [6.45, 7) is 8.82. The van der Waals surface area contributed by atoms with E-state index in [4.69, 9.17) is 26.9 Å².